The molecular formula is C26H36N2O3. The van der Waals surface area contributed by atoms with E-state index >= 15 is 0 Å². The van der Waals surface area contributed by atoms with Gasteiger partial charge in [-0.2, -0.15) is 0 Å². The van der Waals surface area contributed by atoms with Crippen LogP contribution < -0.4 is 10.1 Å². The summed E-state index contributed by atoms with van der Waals surface area (Å²) in [4.78, 5) is 26.5. The number of likely N-dealkylation sites (N-methyl/N-ethyl adjacent to an activating group) is 1. The lowest BCUT2D eigenvalue weighted by atomic mass is 9.87. The smallest absolute Gasteiger partial charge is 0.254 e. The minimum atomic E-state index is -0.325. The predicted molar refractivity (Wildman–Crippen MR) is 125 cm³/mol. The molecule has 31 heavy (non-hydrogen) atoms. The quantitative estimate of drug-likeness (QED) is 0.685. The zero-order chi connectivity index (χ0) is 23.2. The number of hydrogen-bond acceptors (Lipinski definition) is 3. The van der Waals surface area contributed by atoms with Crippen molar-refractivity contribution >= 4 is 11.8 Å². The van der Waals surface area contributed by atoms with Gasteiger partial charge < -0.3 is 15.0 Å². The molecule has 0 fully saturated rings. The molecule has 0 heterocycles. The lowest BCUT2D eigenvalue weighted by Crippen LogP contribution is -2.47. The number of amides is 2. The maximum atomic E-state index is 12.8. The first-order valence-electron chi connectivity index (χ1n) is 10.8. The van der Waals surface area contributed by atoms with Crippen LogP contribution in [0.2, 0.25) is 0 Å². The standard InChI is InChI=1S/C26H36N2O3/c1-8-28(17-23(29)27-26(5,6)7)24(30)20-11-9-19(10-12-20)18-31-22-15-13-21(14-16-22)25(2,3)4/h9-16H,8,17-18H2,1-7H3,(H,27,29). The topological polar surface area (TPSA) is 58.6 Å². The molecule has 2 aromatic carbocycles. The van der Waals surface area contributed by atoms with Crippen molar-refractivity contribution in [1.82, 2.24) is 10.2 Å². The molecule has 168 valence electrons. The molecule has 0 atom stereocenters. The van der Waals surface area contributed by atoms with Crippen molar-refractivity contribution in [2.45, 2.75) is 66.0 Å². The number of benzene rings is 2. The van der Waals surface area contributed by atoms with Crippen LogP contribution >= 0.6 is 0 Å². The molecule has 0 bridgehead atoms. The highest BCUT2D eigenvalue weighted by molar-refractivity contribution is 5.96. The van der Waals surface area contributed by atoms with Crippen LogP contribution in [0.3, 0.4) is 0 Å². The highest BCUT2D eigenvalue weighted by atomic mass is 16.5. The van der Waals surface area contributed by atoms with E-state index in [4.69, 9.17) is 4.74 Å². The molecule has 0 radical (unpaired) electrons. The van der Waals surface area contributed by atoms with Gasteiger partial charge in [0.25, 0.3) is 5.91 Å². The van der Waals surface area contributed by atoms with Crippen LogP contribution in [0, 0.1) is 0 Å². The molecule has 5 nitrogen and oxygen atoms in total. The highest BCUT2D eigenvalue weighted by Crippen LogP contribution is 2.24. The van der Waals surface area contributed by atoms with Gasteiger partial charge in [-0.1, -0.05) is 45.0 Å². The first kappa shape index (κ1) is 24.4. The second-order valence-corrected chi connectivity index (χ2v) is 9.88. The first-order valence-corrected chi connectivity index (χ1v) is 10.8. The van der Waals surface area contributed by atoms with Crippen molar-refractivity contribution in [3.63, 3.8) is 0 Å². The third-order valence-corrected chi connectivity index (χ3v) is 4.84. The predicted octanol–water partition coefficient (Wildman–Crippen LogP) is 4.94. The minimum Gasteiger partial charge on any atom is -0.489 e. The van der Waals surface area contributed by atoms with Crippen molar-refractivity contribution in [3.05, 3.63) is 65.2 Å². The van der Waals surface area contributed by atoms with E-state index in [1.165, 1.54) is 5.56 Å². The van der Waals surface area contributed by atoms with Gasteiger partial charge in [0.2, 0.25) is 5.91 Å². The van der Waals surface area contributed by atoms with Crippen LogP contribution in [0.5, 0.6) is 5.75 Å². The SMILES string of the molecule is CCN(CC(=O)NC(C)(C)C)C(=O)c1ccc(COc2ccc(C(C)(C)C)cc2)cc1. The molecule has 0 aromatic heterocycles. The summed E-state index contributed by atoms with van der Waals surface area (Å²) in [5, 5.41) is 2.89. The molecule has 0 saturated carbocycles. The fourth-order valence-corrected chi connectivity index (χ4v) is 3.10. The molecule has 2 aromatic rings. The third kappa shape index (κ3) is 7.74. The Labute approximate surface area is 186 Å². The van der Waals surface area contributed by atoms with E-state index in [-0.39, 0.29) is 29.3 Å². The molecule has 0 aliphatic heterocycles. The van der Waals surface area contributed by atoms with Crippen molar-refractivity contribution in [2.75, 3.05) is 13.1 Å². The van der Waals surface area contributed by atoms with Crippen LogP contribution in [-0.2, 0) is 16.8 Å². The molecule has 2 rings (SSSR count). The highest BCUT2D eigenvalue weighted by Gasteiger charge is 2.20. The maximum Gasteiger partial charge on any atom is 0.254 e. The van der Waals surface area contributed by atoms with Crippen LogP contribution in [0.1, 0.15) is 70.0 Å². The fraction of sp³-hybridized carbons (Fsp3) is 0.462. The Kier molecular flexibility index (Phi) is 7.88. The first-order chi connectivity index (χ1) is 14.4. The molecule has 0 aliphatic carbocycles. The summed E-state index contributed by atoms with van der Waals surface area (Å²) in [7, 11) is 0. The van der Waals surface area contributed by atoms with Crippen LogP contribution in [0.4, 0.5) is 0 Å². The normalized spacial score (nSPS) is 11.7. The Balaban J connectivity index is 1.95. The van der Waals surface area contributed by atoms with Gasteiger partial charge in [0.05, 0.1) is 6.54 Å². The maximum absolute atomic E-state index is 12.8. The average molecular weight is 425 g/mol. The molecule has 0 aliphatic rings. The lowest BCUT2D eigenvalue weighted by molar-refractivity contribution is -0.123. The Hall–Kier alpha value is -2.82. The van der Waals surface area contributed by atoms with Gasteiger partial charge in [0.15, 0.2) is 0 Å². The fourth-order valence-electron chi connectivity index (χ4n) is 3.10. The molecule has 0 spiro atoms. The monoisotopic (exact) mass is 424 g/mol. The second kappa shape index (κ2) is 9.99. The Morgan fingerprint density at radius 2 is 1.48 bits per heavy atom. The number of hydrogen-bond donors (Lipinski definition) is 1. The van der Waals surface area contributed by atoms with E-state index in [2.05, 4.69) is 38.2 Å². The van der Waals surface area contributed by atoms with E-state index in [9.17, 15) is 9.59 Å². The van der Waals surface area contributed by atoms with Crippen molar-refractivity contribution in [3.8, 4) is 5.75 Å². The number of carbonyl (C=O) groups is 2. The summed E-state index contributed by atoms with van der Waals surface area (Å²) in [5.74, 6) is 0.497. The van der Waals surface area contributed by atoms with E-state index in [0.29, 0.717) is 18.7 Å². The van der Waals surface area contributed by atoms with Gasteiger partial charge in [-0.05, 0) is 68.5 Å². The number of rotatable bonds is 7. The average Bonchev–Trinajstić information content (AvgIpc) is 2.68. The second-order valence-electron chi connectivity index (χ2n) is 9.88. The van der Waals surface area contributed by atoms with E-state index in [0.717, 1.165) is 11.3 Å². The number of ether oxygens (including phenoxy) is 1. The molecule has 0 unspecified atom stereocenters. The van der Waals surface area contributed by atoms with Crippen molar-refractivity contribution in [1.29, 1.82) is 0 Å². The zero-order valence-electron chi connectivity index (χ0n) is 19.9. The Morgan fingerprint density at radius 3 is 1.97 bits per heavy atom. The zero-order valence-corrected chi connectivity index (χ0v) is 19.9. The summed E-state index contributed by atoms with van der Waals surface area (Å²) in [6.45, 7) is 15.1. The lowest BCUT2D eigenvalue weighted by Gasteiger charge is -2.25. The van der Waals surface area contributed by atoms with Gasteiger partial charge >= 0.3 is 0 Å². The van der Waals surface area contributed by atoms with Gasteiger partial charge in [0, 0.05) is 17.6 Å². The Morgan fingerprint density at radius 1 is 0.903 bits per heavy atom. The largest absolute Gasteiger partial charge is 0.489 e. The number of nitrogens with one attached hydrogen (secondary N) is 1. The van der Waals surface area contributed by atoms with Crippen LogP contribution in [0.15, 0.2) is 48.5 Å². The summed E-state index contributed by atoms with van der Waals surface area (Å²) in [5.41, 5.74) is 2.59. The van der Waals surface area contributed by atoms with Gasteiger partial charge in [-0.25, -0.2) is 0 Å². The molecule has 2 amide bonds. The van der Waals surface area contributed by atoms with Crippen LogP contribution in [-0.4, -0.2) is 35.3 Å². The van der Waals surface area contributed by atoms with Gasteiger partial charge in [-0.3, -0.25) is 9.59 Å². The van der Waals surface area contributed by atoms with Crippen LogP contribution in [0.25, 0.3) is 0 Å². The van der Waals surface area contributed by atoms with Crippen molar-refractivity contribution in [2.24, 2.45) is 0 Å². The third-order valence-electron chi connectivity index (χ3n) is 4.84. The molecule has 0 saturated heterocycles. The molecule has 1 N–H and O–H groups in total. The minimum absolute atomic E-state index is 0.0437. The molecule has 5 heteroatoms. The van der Waals surface area contributed by atoms with E-state index in [1.54, 1.807) is 17.0 Å². The van der Waals surface area contributed by atoms with E-state index < -0.39 is 0 Å². The van der Waals surface area contributed by atoms with Gasteiger partial charge in [0.1, 0.15) is 12.4 Å². The van der Waals surface area contributed by atoms with Crippen molar-refractivity contribution < 1.29 is 14.3 Å². The summed E-state index contributed by atoms with van der Waals surface area (Å²) in [6, 6.07) is 15.5. The van der Waals surface area contributed by atoms with E-state index in [1.807, 2.05) is 52.0 Å². The summed E-state index contributed by atoms with van der Waals surface area (Å²) in [6.07, 6.45) is 0. The number of nitrogens with zero attached hydrogens (tertiary/aromatic N) is 1. The number of carbonyl (C=O) groups excluding carboxylic acids is 2. The Bertz CT molecular complexity index is 873. The molecular weight excluding hydrogens is 388 g/mol. The van der Waals surface area contributed by atoms with Gasteiger partial charge in [-0.15, -0.1) is 0 Å². The summed E-state index contributed by atoms with van der Waals surface area (Å²) >= 11 is 0. The summed E-state index contributed by atoms with van der Waals surface area (Å²) < 4.78 is 5.88.